The van der Waals surface area contributed by atoms with E-state index >= 15 is 0 Å². The average molecular weight is 239 g/mol. The number of carboxylic acid groups (broad SMARTS) is 1. The molecule has 0 saturated heterocycles. The summed E-state index contributed by atoms with van der Waals surface area (Å²) in [7, 11) is 0. The van der Waals surface area contributed by atoms with Crippen LogP contribution in [-0.4, -0.2) is 16.9 Å². The van der Waals surface area contributed by atoms with E-state index in [2.05, 4.69) is 0 Å². The first-order valence-corrected chi connectivity index (χ1v) is 5.05. The zero-order chi connectivity index (χ0) is 13.2. The van der Waals surface area contributed by atoms with Gasteiger partial charge in [0.25, 0.3) is 0 Å². The fourth-order valence-electron chi connectivity index (χ4n) is 1.54. The Morgan fingerprint density at radius 1 is 1.41 bits per heavy atom. The van der Waals surface area contributed by atoms with E-state index in [0.717, 1.165) is 6.07 Å². The van der Waals surface area contributed by atoms with Crippen LogP contribution in [0.2, 0.25) is 0 Å². The molecule has 1 aromatic rings. The van der Waals surface area contributed by atoms with Gasteiger partial charge in [0, 0.05) is 11.1 Å². The van der Waals surface area contributed by atoms with Gasteiger partial charge in [0.1, 0.15) is 5.82 Å². The van der Waals surface area contributed by atoms with Crippen LogP contribution in [0.4, 0.5) is 10.1 Å². The number of hydrogen-bond acceptors (Lipinski definition) is 3. The molecule has 0 unspecified atom stereocenters. The van der Waals surface area contributed by atoms with Crippen molar-refractivity contribution in [2.75, 3.05) is 5.73 Å². The lowest BCUT2D eigenvalue weighted by Crippen LogP contribution is -2.28. The lowest BCUT2D eigenvalue weighted by Gasteiger charge is -2.21. The van der Waals surface area contributed by atoms with Crippen LogP contribution in [-0.2, 0) is 4.79 Å². The van der Waals surface area contributed by atoms with Crippen molar-refractivity contribution >= 4 is 17.4 Å². The minimum Gasteiger partial charge on any atom is -0.481 e. The number of benzene rings is 1. The summed E-state index contributed by atoms with van der Waals surface area (Å²) in [6.07, 6.45) is -0.361. The van der Waals surface area contributed by atoms with E-state index in [-0.39, 0.29) is 17.7 Å². The maximum Gasteiger partial charge on any atom is 0.304 e. The number of aliphatic carboxylic acids is 1. The molecular weight excluding hydrogens is 225 g/mol. The summed E-state index contributed by atoms with van der Waals surface area (Å²) in [5.41, 5.74) is 4.40. The van der Waals surface area contributed by atoms with Crippen LogP contribution in [0.1, 0.15) is 30.6 Å². The summed E-state index contributed by atoms with van der Waals surface area (Å²) < 4.78 is 13.5. The molecule has 92 valence electrons. The predicted molar refractivity (Wildman–Crippen MR) is 61.2 cm³/mol. The van der Waals surface area contributed by atoms with E-state index < -0.39 is 23.0 Å². The van der Waals surface area contributed by atoms with Crippen molar-refractivity contribution in [2.24, 2.45) is 5.41 Å². The second-order valence-corrected chi connectivity index (χ2v) is 4.52. The smallest absolute Gasteiger partial charge is 0.304 e. The Hall–Kier alpha value is -1.91. The molecule has 0 aliphatic rings. The Morgan fingerprint density at radius 3 is 2.53 bits per heavy atom. The van der Waals surface area contributed by atoms with Gasteiger partial charge in [-0.3, -0.25) is 9.59 Å². The van der Waals surface area contributed by atoms with Crippen LogP contribution in [0, 0.1) is 11.2 Å². The first-order valence-electron chi connectivity index (χ1n) is 5.05. The zero-order valence-electron chi connectivity index (χ0n) is 9.66. The second kappa shape index (κ2) is 4.53. The normalized spacial score (nSPS) is 11.2. The highest BCUT2D eigenvalue weighted by atomic mass is 19.1. The number of carbonyl (C=O) groups excluding carboxylic acids is 1. The van der Waals surface area contributed by atoms with E-state index in [0.29, 0.717) is 0 Å². The molecular formula is C12H14FNO3. The molecule has 4 nitrogen and oxygen atoms in total. The Kier molecular flexibility index (Phi) is 3.50. The van der Waals surface area contributed by atoms with Gasteiger partial charge in [-0.15, -0.1) is 0 Å². The Bertz CT molecular complexity index is 469. The molecule has 0 aromatic heterocycles. The van der Waals surface area contributed by atoms with E-state index in [1.165, 1.54) is 26.0 Å². The quantitative estimate of drug-likeness (QED) is 0.622. The van der Waals surface area contributed by atoms with Crippen LogP contribution in [0.5, 0.6) is 0 Å². The third-order valence-electron chi connectivity index (χ3n) is 2.44. The Morgan fingerprint density at radius 2 is 2.00 bits per heavy atom. The highest BCUT2D eigenvalue weighted by molar-refractivity contribution is 6.02. The highest BCUT2D eigenvalue weighted by Crippen LogP contribution is 2.28. The molecule has 0 aliphatic heterocycles. The Balaban J connectivity index is 3.11. The molecule has 17 heavy (non-hydrogen) atoms. The summed E-state index contributed by atoms with van der Waals surface area (Å²) in [5.74, 6) is -2.36. The van der Waals surface area contributed by atoms with Crippen LogP contribution < -0.4 is 5.73 Å². The van der Waals surface area contributed by atoms with Crippen molar-refractivity contribution in [3.63, 3.8) is 0 Å². The molecule has 0 bridgehead atoms. The maximum atomic E-state index is 13.5. The number of hydrogen-bond donors (Lipinski definition) is 2. The number of nitrogen functional groups attached to an aromatic ring is 1. The molecule has 0 amide bonds. The molecule has 0 fully saturated rings. The number of anilines is 1. The number of halogens is 1. The fraction of sp³-hybridized carbons (Fsp3) is 0.333. The van der Waals surface area contributed by atoms with Crippen molar-refractivity contribution in [1.29, 1.82) is 0 Å². The second-order valence-electron chi connectivity index (χ2n) is 4.52. The van der Waals surface area contributed by atoms with Gasteiger partial charge in [-0.05, 0) is 18.2 Å². The molecule has 0 saturated carbocycles. The standard InChI is InChI=1S/C12H14FNO3/c1-12(2,6-10(15)16)11(17)8-5-7(14)3-4-9(8)13/h3-5H,6,14H2,1-2H3,(H,15,16). The molecule has 0 heterocycles. The van der Waals surface area contributed by atoms with Gasteiger partial charge in [-0.2, -0.15) is 0 Å². The molecule has 0 atom stereocenters. The third kappa shape index (κ3) is 3.03. The van der Waals surface area contributed by atoms with Crippen molar-refractivity contribution < 1.29 is 19.1 Å². The average Bonchev–Trinajstić information content (AvgIpc) is 2.18. The number of Topliss-reactive ketones (excluding diaryl/α,β-unsaturated/α-hetero) is 1. The number of carboxylic acids is 1. The zero-order valence-corrected chi connectivity index (χ0v) is 9.66. The summed E-state index contributed by atoms with van der Waals surface area (Å²) >= 11 is 0. The van der Waals surface area contributed by atoms with Crippen LogP contribution in [0.25, 0.3) is 0 Å². The first kappa shape index (κ1) is 13.2. The third-order valence-corrected chi connectivity index (χ3v) is 2.44. The Labute approximate surface area is 98.2 Å². The van der Waals surface area contributed by atoms with Crippen LogP contribution in [0.15, 0.2) is 18.2 Å². The lowest BCUT2D eigenvalue weighted by molar-refractivity contribution is -0.138. The SMILES string of the molecule is CC(C)(CC(=O)O)C(=O)c1cc(N)ccc1F. The summed E-state index contributed by atoms with van der Waals surface area (Å²) in [6.45, 7) is 2.93. The predicted octanol–water partition coefficient (Wildman–Crippen LogP) is 2.09. The minimum atomic E-state index is -1.17. The van der Waals surface area contributed by atoms with Gasteiger partial charge < -0.3 is 10.8 Å². The first-order chi connectivity index (χ1) is 7.74. The summed E-state index contributed by atoms with van der Waals surface area (Å²) in [5, 5.41) is 8.70. The molecule has 5 heteroatoms. The number of carbonyl (C=O) groups is 2. The van der Waals surface area contributed by atoms with Gasteiger partial charge in [0.05, 0.1) is 12.0 Å². The van der Waals surface area contributed by atoms with Crippen molar-refractivity contribution in [3.8, 4) is 0 Å². The van der Waals surface area contributed by atoms with Gasteiger partial charge in [0.15, 0.2) is 5.78 Å². The lowest BCUT2D eigenvalue weighted by atomic mass is 9.81. The fourth-order valence-corrected chi connectivity index (χ4v) is 1.54. The molecule has 0 radical (unpaired) electrons. The van der Waals surface area contributed by atoms with Gasteiger partial charge in [-0.1, -0.05) is 13.8 Å². The van der Waals surface area contributed by atoms with Crippen molar-refractivity contribution in [1.82, 2.24) is 0 Å². The monoisotopic (exact) mass is 239 g/mol. The molecule has 1 rings (SSSR count). The van der Waals surface area contributed by atoms with Gasteiger partial charge in [0.2, 0.25) is 0 Å². The number of rotatable bonds is 4. The van der Waals surface area contributed by atoms with Gasteiger partial charge >= 0.3 is 5.97 Å². The van der Waals surface area contributed by atoms with E-state index in [1.54, 1.807) is 0 Å². The van der Waals surface area contributed by atoms with Crippen molar-refractivity contribution in [2.45, 2.75) is 20.3 Å². The molecule has 0 spiro atoms. The van der Waals surface area contributed by atoms with Crippen LogP contribution >= 0.6 is 0 Å². The maximum absolute atomic E-state index is 13.5. The molecule has 3 N–H and O–H groups in total. The topological polar surface area (TPSA) is 80.4 Å². The largest absolute Gasteiger partial charge is 0.481 e. The number of nitrogens with two attached hydrogens (primary N) is 1. The van der Waals surface area contributed by atoms with Crippen LogP contribution in [0.3, 0.4) is 0 Å². The van der Waals surface area contributed by atoms with E-state index in [9.17, 15) is 14.0 Å². The minimum absolute atomic E-state index is 0.170. The molecule has 0 aliphatic carbocycles. The van der Waals surface area contributed by atoms with Crippen molar-refractivity contribution in [3.05, 3.63) is 29.6 Å². The summed E-state index contributed by atoms with van der Waals surface area (Å²) in [4.78, 5) is 22.6. The van der Waals surface area contributed by atoms with Gasteiger partial charge in [-0.25, -0.2) is 4.39 Å². The number of ketones is 1. The van der Waals surface area contributed by atoms with E-state index in [1.807, 2.05) is 0 Å². The highest BCUT2D eigenvalue weighted by Gasteiger charge is 2.32. The summed E-state index contributed by atoms with van der Waals surface area (Å²) in [6, 6.07) is 3.66. The van der Waals surface area contributed by atoms with E-state index in [4.69, 9.17) is 10.8 Å². The molecule has 1 aromatic carbocycles.